The second-order valence-corrected chi connectivity index (χ2v) is 6.10. The van der Waals surface area contributed by atoms with E-state index in [1.165, 1.54) is 18.3 Å². The molecule has 1 heterocycles. The van der Waals surface area contributed by atoms with Crippen LogP contribution in [0.2, 0.25) is 0 Å². The van der Waals surface area contributed by atoms with Gasteiger partial charge in [0.15, 0.2) is 6.10 Å². The molecule has 0 aliphatic carbocycles. The molecule has 0 bridgehead atoms. The zero-order valence-corrected chi connectivity index (χ0v) is 14.2. The third-order valence-electron chi connectivity index (χ3n) is 3.10. The minimum atomic E-state index is -0.961. The molecule has 7 heteroatoms. The molecule has 1 atom stereocenters. The van der Waals surface area contributed by atoms with Crippen LogP contribution in [0.4, 0.5) is 5.69 Å². The highest BCUT2D eigenvalue weighted by atomic mass is 32.1. The quantitative estimate of drug-likeness (QED) is 0.787. The van der Waals surface area contributed by atoms with Crippen LogP contribution in [0.3, 0.4) is 0 Å². The first-order valence-electron chi connectivity index (χ1n) is 7.34. The number of carbonyl (C=O) groups excluding carboxylic acids is 3. The summed E-state index contributed by atoms with van der Waals surface area (Å²) in [6.45, 7) is 3.10. The van der Waals surface area contributed by atoms with E-state index in [0.717, 1.165) is 5.56 Å². The van der Waals surface area contributed by atoms with Crippen molar-refractivity contribution in [3.05, 3.63) is 52.2 Å². The Labute approximate surface area is 143 Å². The Morgan fingerprint density at radius 2 is 2.00 bits per heavy atom. The van der Waals surface area contributed by atoms with E-state index in [2.05, 4.69) is 10.6 Å². The van der Waals surface area contributed by atoms with E-state index < -0.39 is 18.0 Å². The van der Waals surface area contributed by atoms with Gasteiger partial charge in [-0.05, 0) is 43.0 Å². The summed E-state index contributed by atoms with van der Waals surface area (Å²) in [5.74, 6) is -1.45. The van der Waals surface area contributed by atoms with Gasteiger partial charge in [-0.3, -0.25) is 14.4 Å². The maximum Gasteiger partial charge on any atom is 0.326 e. The summed E-state index contributed by atoms with van der Waals surface area (Å²) in [5, 5.41) is 6.89. The molecule has 2 N–H and O–H groups in total. The Kier molecular flexibility index (Phi) is 6.08. The van der Waals surface area contributed by atoms with Crippen LogP contribution in [0.15, 0.2) is 41.8 Å². The number of thiophene rings is 1. The molecule has 0 aliphatic rings. The molecular weight excluding hydrogens is 328 g/mol. The molecule has 1 aromatic carbocycles. The molecule has 2 rings (SSSR count). The van der Waals surface area contributed by atoms with Crippen molar-refractivity contribution in [2.24, 2.45) is 0 Å². The minimum absolute atomic E-state index is 0.293. The highest BCUT2D eigenvalue weighted by Gasteiger charge is 2.18. The normalized spacial score (nSPS) is 11.4. The number of anilines is 1. The predicted molar refractivity (Wildman–Crippen MR) is 92.0 cm³/mol. The highest BCUT2D eigenvalue weighted by Crippen LogP contribution is 2.10. The summed E-state index contributed by atoms with van der Waals surface area (Å²) < 4.78 is 5.02. The molecule has 0 unspecified atom stereocenters. The van der Waals surface area contributed by atoms with Crippen LogP contribution in [0.1, 0.15) is 22.2 Å². The SMILES string of the molecule is Cc1cccc(NC(=O)[C@H](C)OC(=O)CNC(=O)c2cccs2)c1. The van der Waals surface area contributed by atoms with E-state index >= 15 is 0 Å². The van der Waals surface area contributed by atoms with Crippen LogP contribution >= 0.6 is 11.3 Å². The maximum absolute atomic E-state index is 12.0. The summed E-state index contributed by atoms with van der Waals surface area (Å²) in [7, 11) is 0. The van der Waals surface area contributed by atoms with Crippen molar-refractivity contribution in [3.8, 4) is 0 Å². The average Bonchev–Trinajstić information content (AvgIpc) is 3.07. The van der Waals surface area contributed by atoms with E-state index in [1.807, 2.05) is 25.1 Å². The van der Waals surface area contributed by atoms with Gasteiger partial charge in [0.25, 0.3) is 11.8 Å². The minimum Gasteiger partial charge on any atom is -0.451 e. The van der Waals surface area contributed by atoms with Gasteiger partial charge in [-0.2, -0.15) is 0 Å². The van der Waals surface area contributed by atoms with Crippen molar-refractivity contribution in [3.63, 3.8) is 0 Å². The van der Waals surface area contributed by atoms with Crippen LogP contribution < -0.4 is 10.6 Å². The van der Waals surface area contributed by atoms with Crippen LogP contribution in [-0.4, -0.2) is 30.4 Å². The molecule has 0 radical (unpaired) electrons. The lowest BCUT2D eigenvalue weighted by Gasteiger charge is -2.14. The number of benzene rings is 1. The summed E-state index contributed by atoms with van der Waals surface area (Å²) in [6.07, 6.45) is -0.961. The fourth-order valence-corrected chi connectivity index (χ4v) is 2.55. The van der Waals surface area contributed by atoms with Crippen molar-refractivity contribution >= 4 is 34.8 Å². The standard InChI is InChI=1S/C17H18N2O4S/c1-11-5-3-6-13(9-11)19-16(21)12(2)23-15(20)10-18-17(22)14-7-4-8-24-14/h3-9,12H,10H2,1-2H3,(H,18,22)(H,19,21)/t12-/m0/s1. The molecule has 0 spiro atoms. The highest BCUT2D eigenvalue weighted by molar-refractivity contribution is 7.12. The van der Waals surface area contributed by atoms with E-state index in [0.29, 0.717) is 10.6 Å². The van der Waals surface area contributed by atoms with Crippen LogP contribution in [0, 0.1) is 6.92 Å². The summed E-state index contributed by atoms with van der Waals surface area (Å²) in [6, 6.07) is 10.7. The van der Waals surface area contributed by atoms with Crippen molar-refractivity contribution in [1.29, 1.82) is 0 Å². The Balaban J connectivity index is 1.78. The summed E-state index contributed by atoms with van der Waals surface area (Å²) >= 11 is 1.28. The van der Waals surface area contributed by atoms with Crippen molar-refractivity contribution in [2.45, 2.75) is 20.0 Å². The molecule has 0 saturated carbocycles. The number of nitrogens with one attached hydrogen (secondary N) is 2. The van der Waals surface area contributed by atoms with Gasteiger partial charge in [0, 0.05) is 5.69 Å². The molecule has 1 aromatic heterocycles. The van der Waals surface area contributed by atoms with Gasteiger partial charge in [-0.15, -0.1) is 11.3 Å². The molecule has 126 valence electrons. The third kappa shape index (κ3) is 5.20. The second kappa shape index (κ2) is 8.26. The van der Waals surface area contributed by atoms with Gasteiger partial charge in [-0.25, -0.2) is 0 Å². The predicted octanol–water partition coefficient (Wildman–Crippen LogP) is 2.36. The molecule has 2 aromatic rings. The van der Waals surface area contributed by atoms with Gasteiger partial charge < -0.3 is 15.4 Å². The summed E-state index contributed by atoms with van der Waals surface area (Å²) in [4.78, 5) is 36.0. The summed E-state index contributed by atoms with van der Waals surface area (Å²) in [5.41, 5.74) is 1.64. The lowest BCUT2D eigenvalue weighted by molar-refractivity contribution is -0.152. The van der Waals surface area contributed by atoms with E-state index in [-0.39, 0.29) is 12.5 Å². The van der Waals surface area contributed by atoms with Crippen molar-refractivity contribution in [2.75, 3.05) is 11.9 Å². The van der Waals surface area contributed by atoms with E-state index in [1.54, 1.807) is 23.6 Å². The Hall–Kier alpha value is -2.67. The van der Waals surface area contributed by atoms with Gasteiger partial charge in [0.2, 0.25) is 0 Å². The van der Waals surface area contributed by atoms with Gasteiger partial charge in [0.1, 0.15) is 6.54 Å². The second-order valence-electron chi connectivity index (χ2n) is 5.15. The van der Waals surface area contributed by atoms with E-state index in [4.69, 9.17) is 4.74 Å². The number of hydrogen-bond donors (Lipinski definition) is 2. The number of carbonyl (C=O) groups is 3. The number of ether oxygens (including phenoxy) is 1. The molecule has 0 aliphatic heterocycles. The lowest BCUT2D eigenvalue weighted by Crippen LogP contribution is -2.35. The van der Waals surface area contributed by atoms with Gasteiger partial charge >= 0.3 is 5.97 Å². The number of aryl methyl sites for hydroxylation is 1. The third-order valence-corrected chi connectivity index (χ3v) is 3.97. The number of rotatable bonds is 6. The Bertz CT molecular complexity index is 728. The topological polar surface area (TPSA) is 84.5 Å². The first-order chi connectivity index (χ1) is 11.5. The fraction of sp³-hybridized carbons (Fsp3) is 0.235. The molecular formula is C17H18N2O4S. The molecule has 6 nitrogen and oxygen atoms in total. The Morgan fingerprint density at radius 3 is 2.67 bits per heavy atom. The van der Waals surface area contributed by atoms with Crippen molar-refractivity contribution in [1.82, 2.24) is 5.32 Å². The molecule has 0 saturated heterocycles. The lowest BCUT2D eigenvalue weighted by atomic mass is 10.2. The molecule has 24 heavy (non-hydrogen) atoms. The van der Waals surface area contributed by atoms with Crippen LogP contribution in [-0.2, 0) is 14.3 Å². The average molecular weight is 346 g/mol. The first-order valence-corrected chi connectivity index (χ1v) is 8.22. The molecule has 2 amide bonds. The largest absolute Gasteiger partial charge is 0.451 e. The number of hydrogen-bond acceptors (Lipinski definition) is 5. The van der Waals surface area contributed by atoms with Crippen LogP contribution in [0.5, 0.6) is 0 Å². The number of amides is 2. The van der Waals surface area contributed by atoms with Gasteiger partial charge in [-0.1, -0.05) is 18.2 Å². The van der Waals surface area contributed by atoms with E-state index in [9.17, 15) is 14.4 Å². The first kappa shape index (κ1) is 17.7. The molecule has 0 fully saturated rings. The zero-order valence-electron chi connectivity index (χ0n) is 13.4. The fourth-order valence-electron chi connectivity index (χ4n) is 1.91. The monoisotopic (exact) mass is 346 g/mol. The van der Waals surface area contributed by atoms with Crippen LogP contribution in [0.25, 0.3) is 0 Å². The van der Waals surface area contributed by atoms with Crippen molar-refractivity contribution < 1.29 is 19.1 Å². The zero-order chi connectivity index (χ0) is 17.5. The smallest absolute Gasteiger partial charge is 0.326 e. The Morgan fingerprint density at radius 1 is 1.21 bits per heavy atom. The number of esters is 1. The maximum atomic E-state index is 12.0. The van der Waals surface area contributed by atoms with Gasteiger partial charge in [0.05, 0.1) is 4.88 Å².